The minimum Gasteiger partial charge on any atom is -0.487 e. The van der Waals surface area contributed by atoms with Crippen molar-refractivity contribution < 1.29 is 14.0 Å². The Balaban J connectivity index is 2.39. The molecule has 0 bridgehead atoms. The molecule has 88 valence electrons. The number of fused-ring (bicyclic) bond motifs is 1. The topological polar surface area (TPSA) is 30.5 Å². The molecule has 1 aromatic rings. The summed E-state index contributed by atoms with van der Waals surface area (Å²) in [7, 11) is 1.56. The van der Waals surface area contributed by atoms with Crippen molar-refractivity contribution in [1.29, 1.82) is 0 Å². The van der Waals surface area contributed by atoms with Gasteiger partial charge in [-0.25, -0.2) is 4.39 Å². The van der Waals surface area contributed by atoms with E-state index in [1.165, 1.54) is 12.1 Å². The molecule has 1 aromatic carbocycles. The lowest BCUT2D eigenvalue weighted by molar-refractivity contribution is 0.00280. The Morgan fingerprint density at radius 3 is 2.94 bits per heavy atom. The summed E-state index contributed by atoms with van der Waals surface area (Å²) in [6.45, 7) is 4.01. The smallest absolute Gasteiger partial charge is 0.125 e. The summed E-state index contributed by atoms with van der Waals surface area (Å²) in [4.78, 5) is 4.94. The van der Waals surface area contributed by atoms with Crippen molar-refractivity contribution in [3.8, 4) is 5.75 Å². The van der Waals surface area contributed by atoms with Gasteiger partial charge in [-0.15, -0.1) is 0 Å². The van der Waals surface area contributed by atoms with Crippen molar-refractivity contribution in [2.45, 2.75) is 31.9 Å². The molecule has 1 aliphatic rings. The second-order valence-electron chi connectivity index (χ2n) is 4.62. The quantitative estimate of drug-likeness (QED) is 0.785. The highest BCUT2D eigenvalue weighted by molar-refractivity contribution is 5.39. The first-order valence-corrected chi connectivity index (χ1v) is 5.29. The average molecular weight is 225 g/mol. The van der Waals surface area contributed by atoms with E-state index in [1.807, 2.05) is 13.8 Å². The first kappa shape index (κ1) is 11.4. The zero-order valence-electron chi connectivity index (χ0n) is 9.71. The molecule has 2 rings (SSSR count). The van der Waals surface area contributed by atoms with Crippen LogP contribution >= 0.6 is 0 Å². The van der Waals surface area contributed by atoms with Crippen LogP contribution in [0.25, 0.3) is 0 Å². The second kappa shape index (κ2) is 4.03. The van der Waals surface area contributed by atoms with E-state index >= 15 is 0 Å². The van der Waals surface area contributed by atoms with E-state index < -0.39 is 0 Å². The van der Waals surface area contributed by atoms with Gasteiger partial charge in [0.2, 0.25) is 0 Å². The Labute approximate surface area is 94.5 Å². The molecule has 0 saturated carbocycles. The Kier molecular flexibility index (Phi) is 2.86. The van der Waals surface area contributed by atoms with E-state index in [2.05, 4.69) is 5.48 Å². The van der Waals surface area contributed by atoms with E-state index in [4.69, 9.17) is 9.57 Å². The van der Waals surface area contributed by atoms with Crippen LogP contribution in [0, 0.1) is 5.82 Å². The van der Waals surface area contributed by atoms with Gasteiger partial charge in [-0.05, 0) is 32.0 Å². The Bertz CT molecular complexity index is 393. The van der Waals surface area contributed by atoms with Crippen LogP contribution in [0.3, 0.4) is 0 Å². The van der Waals surface area contributed by atoms with E-state index in [-0.39, 0.29) is 17.5 Å². The number of halogens is 1. The normalized spacial score (nSPS) is 22.4. The van der Waals surface area contributed by atoms with Crippen LogP contribution in [-0.4, -0.2) is 12.7 Å². The van der Waals surface area contributed by atoms with Gasteiger partial charge in [0, 0.05) is 12.0 Å². The number of benzene rings is 1. The molecule has 1 heterocycles. The van der Waals surface area contributed by atoms with E-state index in [9.17, 15) is 4.39 Å². The van der Waals surface area contributed by atoms with Crippen LogP contribution in [0.1, 0.15) is 31.9 Å². The van der Waals surface area contributed by atoms with Crippen LogP contribution < -0.4 is 10.2 Å². The van der Waals surface area contributed by atoms with Crippen molar-refractivity contribution in [2.75, 3.05) is 7.11 Å². The number of nitrogens with one attached hydrogen (secondary N) is 1. The van der Waals surface area contributed by atoms with Gasteiger partial charge >= 0.3 is 0 Å². The predicted molar refractivity (Wildman–Crippen MR) is 58.6 cm³/mol. The molecule has 1 N–H and O–H groups in total. The van der Waals surface area contributed by atoms with Gasteiger partial charge < -0.3 is 9.57 Å². The van der Waals surface area contributed by atoms with Gasteiger partial charge in [-0.3, -0.25) is 0 Å². The molecule has 0 amide bonds. The maximum atomic E-state index is 13.2. The van der Waals surface area contributed by atoms with Crippen LogP contribution in [0.4, 0.5) is 4.39 Å². The van der Waals surface area contributed by atoms with Crippen molar-refractivity contribution in [1.82, 2.24) is 5.48 Å². The zero-order chi connectivity index (χ0) is 11.8. The third-order valence-corrected chi connectivity index (χ3v) is 2.69. The lowest BCUT2D eigenvalue weighted by atomic mass is 9.90. The molecule has 1 unspecified atom stereocenters. The van der Waals surface area contributed by atoms with Crippen LogP contribution in [-0.2, 0) is 4.84 Å². The third kappa shape index (κ3) is 2.18. The first-order valence-electron chi connectivity index (χ1n) is 5.29. The molecule has 0 spiro atoms. The van der Waals surface area contributed by atoms with Crippen molar-refractivity contribution >= 4 is 0 Å². The molecule has 1 aliphatic heterocycles. The molecule has 0 radical (unpaired) electrons. The van der Waals surface area contributed by atoms with Gasteiger partial charge in [0.05, 0.1) is 13.2 Å². The Morgan fingerprint density at radius 2 is 2.25 bits per heavy atom. The highest BCUT2D eigenvalue weighted by Gasteiger charge is 2.33. The van der Waals surface area contributed by atoms with Gasteiger partial charge in [-0.1, -0.05) is 0 Å². The minimum absolute atomic E-state index is 0.0422. The molecule has 16 heavy (non-hydrogen) atoms. The van der Waals surface area contributed by atoms with Gasteiger partial charge in [0.1, 0.15) is 17.2 Å². The van der Waals surface area contributed by atoms with E-state index in [0.29, 0.717) is 5.75 Å². The number of hydroxylamine groups is 1. The molecule has 3 nitrogen and oxygen atoms in total. The van der Waals surface area contributed by atoms with Crippen molar-refractivity contribution in [3.05, 3.63) is 29.6 Å². The molecule has 0 fully saturated rings. The third-order valence-electron chi connectivity index (χ3n) is 2.69. The fraction of sp³-hybridized carbons (Fsp3) is 0.500. The number of rotatable bonds is 2. The zero-order valence-corrected chi connectivity index (χ0v) is 9.71. The summed E-state index contributed by atoms with van der Waals surface area (Å²) in [5, 5.41) is 0. The van der Waals surface area contributed by atoms with E-state index in [1.54, 1.807) is 13.2 Å². The predicted octanol–water partition coefficient (Wildman–Crippen LogP) is 2.58. The SMILES string of the molecule is CONC1CC(C)(C)Oc2ccc(F)cc21. The molecule has 0 saturated heterocycles. The molecular weight excluding hydrogens is 209 g/mol. The lowest BCUT2D eigenvalue weighted by Crippen LogP contribution is -2.39. The van der Waals surface area contributed by atoms with Crippen LogP contribution in [0.2, 0.25) is 0 Å². The maximum absolute atomic E-state index is 13.2. The standard InChI is InChI=1S/C12H16FNO2/c1-12(2)7-10(14-15-3)9-6-8(13)4-5-11(9)16-12/h4-6,10,14H,7H2,1-3H3. The summed E-state index contributed by atoms with van der Waals surface area (Å²) in [5.41, 5.74) is 3.41. The molecular formula is C12H16FNO2. The van der Waals surface area contributed by atoms with Crippen LogP contribution in [0.15, 0.2) is 18.2 Å². The van der Waals surface area contributed by atoms with Gasteiger partial charge in [-0.2, -0.15) is 5.48 Å². The highest BCUT2D eigenvalue weighted by atomic mass is 19.1. The highest BCUT2D eigenvalue weighted by Crippen LogP contribution is 2.39. The summed E-state index contributed by atoms with van der Waals surface area (Å²) in [6.07, 6.45) is 0.733. The van der Waals surface area contributed by atoms with Crippen LogP contribution in [0.5, 0.6) is 5.75 Å². The fourth-order valence-corrected chi connectivity index (χ4v) is 2.07. The summed E-state index contributed by atoms with van der Waals surface area (Å²) in [6, 6.07) is 4.51. The number of hydrogen-bond acceptors (Lipinski definition) is 3. The lowest BCUT2D eigenvalue weighted by Gasteiger charge is -2.37. The van der Waals surface area contributed by atoms with Gasteiger partial charge in [0.15, 0.2) is 0 Å². The second-order valence-corrected chi connectivity index (χ2v) is 4.62. The summed E-state index contributed by atoms with van der Waals surface area (Å²) in [5.74, 6) is 0.456. The maximum Gasteiger partial charge on any atom is 0.125 e. The molecule has 4 heteroatoms. The van der Waals surface area contributed by atoms with Gasteiger partial charge in [0.25, 0.3) is 0 Å². The first-order chi connectivity index (χ1) is 7.52. The molecule has 1 atom stereocenters. The fourth-order valence-electron chi connectivity index (χ4n) is 2.07. The molecule has 0 aromatic heterocycles. The largest absolute Gasteiger partial charge is 0.487 e. The average Bonchev–Trinajstić information content (AvgIpc) is 2.18. The Hall–Kier alpha value is -1.13. The van der Waals surface area contributed by atoms with Crippen molar-refractivity contribution in [2.24, 2.45) is 0 Å². The summed E-state index contributed by atoms with van der Waals surface area (Å²) >= 11 is 0. The molecule has 0 aliphatic carbocycles. The minimum atomic E-state index is -0.277. The van der Waals surface area contributed by atoms with E-state index in [0.717, 1.165) is 12.0 Å². The number of hydrogen-bond donors (Lipinski definition) is 1. The Morgan fingerprint density at radius 1 is 1.50 bits per heavy atom. The summed E-state index contributed by atoms with van der Waals surface area (Å²) < 4.78 is 19.0. The number of ether oxygens (including phenoxy) is 1. The monoisotopic (exact) mass is 225 g/mol. The van der Waals surface area contributed by atoms with Crippen molar-refractivity contribution in [3.63, 3.8) is 0 Å².